The fourth-order valence-corrected chi connectivity index (χ4v) is 3.31. The van der Waals surface area contributed by atoms with Crippen molar-refractivity contribution in [2.45, 2.75) is 11.8 Å². The standard InChI is InChI=1S/C14H12BrN3O2S/c1-9-6-12(4-2-10(9)8-16)21(19,20)18-14-5-3-11(15)7-13(14)17/h2-7,18H,17H2,1H3. The zero-order valence-corrected chi connectivity index (χ0v) is 13.5. The summed E-state index contributed by atoms with van der Waals surface area (Å²) in [6.07, 6.45) is 0. The highest BCUT2D eigenvalue weighted by Crippen LogP contribution is 2.26. The first-order valence-corrected chi connectivity index (χ1v) is 8.20. The summed E-state index contributed by atoms with van der Waals surface area (Å²) in [5, 5.41) is 8.87. The van der Waals surface area contributed by atoms with Gasteiger partial charge in [-0.2, -0.15) is 5.26 Å². The van der Waals surface area contributed by atoms with E-state index in [4.69, 9.17) is 11.0 Å². The summed E-state index contributed by atoms with van der Waals surface area (Å²) >= 11 is 3.26. The van der Waals surface area contributed by atoms with Gasteiger partial charge in [-0.25, -0.2) is 8.42 Å². The van der Waals surface area contributed by atoms with Crippen LogP contribution >= 0.6 is 15.9 Å². The number of nitrogens with zero attached hydrogens (tertiary/aromatic N) is 1. The van der Waals surface area contributed by atoms with Gasteiger partial charge in [0.1, 0.15) is 0 Å². The van der Waals surface area contributed by atoms with E-state index in [1.807, 2.05) is 6.07 Å². The van der Waals surface area contributed by atoms with Crippen molar-refractivity contribution in [2.75, 3.05) is 10.5 Å². The molecule has 7 heteroatoms. The highest BCUT2D eigenvalue weighted by molar-refractivity contribution is 9.10. The third-order valence-corrected chi connectivity index (χ3v) is 4.74. The molecule has 0 amide bonds. The van der Waals surface area contributed by atoms with Gasteiger partial charge < -0.3 is 5.73 Å². The molecule has 0 aromatic heterocycles. The van der Waals surface area contributed by atoms with E-state index in [9.17, 15) is 8.42 Å². The Labute approximate surface area is 131 Å². The number of hydrogen-bond acceptors (Lipinski definition) is 4. The van der Waals surface area contributed by atoms with Crippen molar-refractivity contribution in [1.82, 2.24) is 0 Å². The van der Waals surface area contributed by atoms with Crippen molar-refractivity contribution in [3.8, 4) is 6.07 Å². The van der Waals surface area contributed by atoms with Gasteiger partial charge in [0, 0.05) is 4.47 Å². The Kier molecular flexibility index (Phi) is 4.21. The number of sulfonamides is 1. The number of anilines is 2. The number of benzene rings is 2. The molecule has 2 aromatic carbocycles. The third-order valence-electron chi connectivity index (χ3n) is 2.89. The van der Waals surface area contributed by atoms with Crippen molar-refractivity contribution >= 4 is 37.3 Å². The van der Waals surface area contributed by atoms with Crippen molar-refractivity contribution in [2.24, 2.45) is 0 Å². The van der Waals surface area contributed by atoms with Gasteiger partial charge in [-0.3, -0.25) is 4.72 Å². The molecule has 21 heavy (non-hydrogen) atoms. The molecule has 0 aliphatic carbocycles. The number of nitrogens with two attached hydrogens (primary N) is 1. The smallest absolute Gasteiger partial charge is 0.261 e. The second-order valence-corrected chi connectivity index (χ2v) is 7.02. The highest BCUT2D eigenvalue weighted by Gasteiger charge is 2.16. The van der Waals surface area contributed by atoms with Crippen LogP contribution in [-0.4, -0.2) is 8.42 Å². The Morgan fingerprint density at radius 2 is 1.95 bits per heavy atom. The van der Waals surface area contributed by atoms with Crippen LogP contribution in [0.5, 0.6) is 0 Å². The van der Waals surface area contributed by atoms with Gasteiger partial charge in [0.2, 0.25) is 0 Å². The van der Waals surface area contributed by atoms with E-state index in [0.717, 1.165) is 4.47 Å². The molecular formula is C14H12BrN3O2S. The SMILES string of the molecule is Cc1cc(S(=O)(=O)Nc2ccc(Br)cc2N)ccc1C#N. The van der Waals surface area contributed by atoms with Gasteiger partial charge in [-0.05, 0) is 48.9 Å². The van der Waals surface area contributed by atoms with Crippen LogP contribution in [-0.2, 0) is 10.0 Å². The normalized spacial score (nSPS) is 10.9. The van der Waals surface area contributed by atoms with Gasteiger partial charge in [-0.1, -0.05) is 15.9 Å². The van der Waals surface area contributed by atoms with E-state index in [0.29, 0.717) is 22.5 Å². The number of hydrogen-bond donors (Lipinski definition) is 2. The molecule has 0 aliphatic heterocycles. The Bertz CT molecular complexity index is 842. The summed E-state index contributed by atoms with van der Waals surface area (Å²) in [6.45, 7) is 1.69. The van der Waals surface area contributed by atoms with Crippen LogP contribution in [0, 0.1) is 18.3 Å². The monoisotopic (exact) mass is 365 g/mol. The molecule has 0 saturated heterocycles. The second kappa shape index (κ2) is 5.76. The highest BCUT2D eigenvalue weighted by atomic mass is 79.9. The third kappa shape index (κ3) is 3.35. The molecule has 0 aliphatic rings. The van der Waals surface area contributed by atoms with Crippen molar-refractivity contribution in [3.63, 3.8) is 0 Å². The van der Waals surface area contributed by atoms with Crippen LogP contribution in [0.1, 0.15) is 11.1 Å². The lowest BCUT2D eigenvalue weighted by atomic mass is 10.1. The molecule has 0 bridgehead atoms. The molecule has 0 heterocycles. The molecular weight excluding hydrogens is 354 g/mol. The minimum Gasteiger partial charge on any atom is -0.397 e. The zero-order chi connectivity index (χ0) is 15.6. The van der Waals surface area contributed by atoms with Crippen molar-refractivity contribution in [1.29, 1.82) is 5.26 Å². The Hall–Kier alpha value is -2.04. The summed E-state index contributed by atoms with van der Waals surface area (Å²) in [7, 11) is -3.75. The lowest BCUT2D eigenvalue weighted by Gasteiger charge is -2.11. The van der Waals surface area contributed by atoms with Crippen molar-refractivity contribution in [3.05, 3.63) is 52.0 Å². The topological polar surface area (TPSA) is 96.0 Å². The minimum absolute atomic E-state index is 0.0846. The summed E-state index contributed by atoms with van der Waals surface area (Å²) < 4.78 is 27.9. The maximum absolute atomic E-state index is 12.3. The lowest BCUT2D eigenvalue weighted by molar-refractivity contribution is 0.601. The van der Waals surface area contributed by atoms with Gasteiger partial charge in [0.15, 0.2) is 0 Å². The second-order valence-electron chi connectivity index (χ2n) is 4.43. The number of rotatable bonds is 3. The first kappa shape index (κ1) is 15.4. The number of nitrogen functional groups attached to an aromatic ring is 1. The number of nitriles is 1. The van der Waals surface area contributed by atoms with Gasteiger partial charge in [0.25, 0.3) is 10.0 Å². The summed E-state index contributed by atoms with van der Waals surface area (Å²) in [4.78, 5) is 0.0846. The summed E-state index contributed by atoms with van der Waals surface area (Å²) in [5.74, 6) is 0. The zero-order valence-electron chi connectivity index (χ0n) is 11.1. The molecule has 3 N–H and O–H groups in total. The Morgan fingerprint density at radius 3 is 2.52 bits per heavy atom. The first-order chi connectivity index (χ1) is 9.83. The molecule has 5 nitrogen and oxygen atoms in total. The van der Waals surface area contributed by atoms with Gasteiger partial charge in [0.05, 0.1) is 27.9 Å². The van der Waals surface area contributed by atoms with E-state index in [-0.39, 0.29) is 4.90 Å². The van der Waals surface area contributed by atoms with Crippen molar-refractivity contribution < 1.29 is 8.42 Å². The molecule has 0 saturated carbocycles. The molecule has 0 radical (unpaired) electrons. The molecule has 0 atom stereocenters. The predicted molar refractivity (Wildman–Crippen MR) is 85.3 cm³/mol. The largest absolute Gasteiger partial charge is 0.397 e. The van der Waals surface area contributed by atoms with E-state index >= 15 is 0 Å². The van der Waals surface area contributed by atoms with Crippen LogP contribution in [0.15, 0.2) is 45.8 Å². The molecule has 2 aromatic rings. The molecule has 0 fully saturated rings. The van der Waals surface area contributed by atoms with Crippen LogP contribution < -0.4 is 10.5 Å². The molecule has 2 rings (SSSR count). The van der Waals surface area contributed by atoms with Crippen LogP contribution in [0.25, 0.3) is 0 Å². The average Bonchev–Trinajstić information content (AvgIpc) is 2.42. The fourth-order valence-electron chi connectivity index (χ4n) is 1.76. The van der Waals surface area contributed by atoms with E-state index < -0.39 is 10.0 Å². The summed E-state index contributed by atoms with van der Waals surface area (Å²) in [5.41, 5.74) is 7.45. The van der Waals surface area contributed by atoms with E-state index in [1.54, 1.807) is 25.1 Å². The Balaban J connectivity index is 2.39. The average molecular weight is 366 g/mol. The van der Waals surface area contributed by atoms with Gasteiger partial charge in [-0.15, -0.1) is 0 Å². The molecule has 0 spiro atoms. The van der Waals surface area contributed by atoms with Crippen LogP contribution in [0.2, 0.25) is 0 Å². The summed E-state index contributed by atoms with van der Waals surface area (Å²) in [6, 6.07) is 11.2. The van der Waals surface area contributed by atoms with E-state index in [1.165, 1.54) is 18.2 Å². The molecule has 108 valence electrons. The van der Waals surface area contributed by atoms with Gasteiger partial charge >= 0.3 is 0 Å². The van der Waals surface area contributed by atoms with Crippen LogP contribution in [0.3, 0.4) is 0 Å². The number of halogens is 1. The first-order valence-electron chi connectivity index (χ1n) is 5.92. The maximum Gasteiger partial charge on any atom is 0.261 e. The number of aryl methyl sites for hydroxylation is 1. The quantitative estimate of drug-likeness (QED) is 0.817. The minimum atomic E-state index is -3.75. The van der Waals surface area contributed by atoms with Crippen LogP contribution in [0.4, 0.5) is 11.4 Å². The Morgan fingerprint density at radius 1 is 1.24 bits per heavy atom. The predicted octanol–water partition coefficient (Wildman–Crippen LogP) is 3.01. The fraction of sp³-hybridized carbons (Fsp3) is 0.0714. The molecule has 0 unspecified atom stereocenters. The van der Waals surface area contributed by atoms with E-state index in [2.05, 4.69) is 20.7 Å². The lowest BCUT2D eigenvalue weighted by Crippen LogP contribution is -2.14. The maximum atomic E-state index is 12.3. The number of nitrogens with one attached hydrogen (secondary N) is 1.